The molecule has 1 aromatic heterocycles. The van der Waals surface area contributed by atoms with Gasteiger partial charge in [0.2, 0.25) is 0 Å². The first kappa shape index (κ1) is 13.5. The standard InChI is InChI=1S/C9H13N3.C6H5N3/c1-2-4-11-9(3-1)12-7-5-10-6-8-12;1-2-8-6-3-7-4-9-5(1)6/h1-4,10H,5-8H2;1-4H,(H,7,9). The van der Waals surface area contributed by atoms with E-state index in [1.54, 1.807) is 18.7 Å². The van der Waals surface area contributed by atoms with E-state index in [1.807, 2.05) is 24.4 Å². The summed E-state index contributed by atoms with van der Waals surface area (Å²) in [4.78, 5) is 17.5. The third-order valence-electron chi connectivity index (χ3n) is 3.31. The molecule has 0 bridgehead atoms. The zero-order chi connectivity index (χ0) is 14.3. The molecule has 0 spiro atoms. The van der Waals surface area contributed by atoms with Gasteiger partial charge in [-0.15, -0.1) is 0 Å². The normalized spacial score (nSPS) is 14.6. The van der Waals surface area contributed by atoms with Gasteiger partial charge in [-0.05, 0) is 18.2 Å². The Balaban J connectivity index is 0.000000131. The molecule has 108 valence electrons. The molecule has 0 amide bonds. The highest BCUT2D eigenvalue weighted by Crippen LogP contribution is 2.12. The number of H-pyrrole nitrogens is 1. The van der Waals surface area contributed by atoms with E-state index in [-0.39, 0.29) is 0 Å². The van der Waals surface area contributed by atoms with Gasteiger partial charge in [-0.25, -0.2) is 9.97 Å². The van der Waals surface area contributed by atoms with Crippen molar-refractivity contribution in [2.75, 3.05) is 31.1 Å². The number of rotatable bonds is 1. The molecule has 0 aliphatic carbocycles. The molecule has 0 aromatic carbocycles. The molecule has 0 saturated carbocycles. The minimum Gasteiger partial charge on any atom is -0.354 e. The number of pyridine rings is 1. The van der Waals surface area contributed by atoms with Crippen LogP contribution in [0.25, 0.3) is 11.4 Å². The Hall–Kier alpha value is -2.47. The Bertz CT molecular complexity index is 590. The van der Waals surface area contributed by atoms with E-state index < -0.39 is 0 Å². The summed E-state index contributed by atoms with van der Waals surface area (Å²) >= 11 is 0. The fourth-order valence-corrected chi connectivity index (χ4v) is 2.22. The van der Waals surface area contributed by atoms with Gasteiger partial charge in [0, 0.05) is 38.6 Å². The molecular formula is C15H18N6. The molecule has 4 rings (SSSR count). The van der Waals surface area contributed by atoms with Gasteiger partial charge in [-0.3, -0.25) is 4.98 Å². The van der Waals surface area contributed by atoms with Crippen LogP contribution < -0.4 is 10.2 Å². The maximum Gasteiger partial charge on any atom is 0.128 e. The Kier molecular flexibility index (Phi) is 4.38. The molecule has 1 saturated heterocycles. The number of anilines is 1. The molecule has 4 heterocycles. The van der Waals surface area contributed by atoms with Crippen LogP contribution in [0, 0.1) is 0 Å². The van der Waals surface area contributed by atoms with Crippen molar-refractivity contribution in [2.24, 2.45) is 0 Å². The number of aromatic nitrogens is 4. The van der Waals surface area contributed by atoms with Crippen LogP contribution in [-0.4, -0.2) is 46.1 Å². The van der Waals surface area contributed by atoms with E-state index >= 15 is 0 Å². The summed E-state index contributed by atoms with van der Waals surface area (Å²) in [6, 6.07) is 7.96. The number of fused-ring (bicyclic) bond motifs is 1. The average Bonchev–Trinajstić information content (AvgIpc) is 3.06. The molecule has 3 aliphatic heterocycles. The molecule has 1 fully saturated rings. The second kappa shape index (κ2) is 6.81. The molecular weight excluding hydrogens is 264 g/mol. The van der Waals surface area contributed by atoms with Crippen LogP contribution in [-0.2, 0) is 0 Å². The largest absolute Gasteiger partial charge is 0.354 e. The second-order valence-corrected chi connectivity index (χ2v) is 4.72. The van der Waals surface area contributed by atoms with Gasteiger partial charge in [-0.2, -0.15) is 0 Å². The summed E-state index contributed by atoms with van der Waals surface area (Å²) in [6.45, 7) is 4.27. The Morgan fingerprint density at radius 2 is 1.90 bits per heavy atom. The predicted molar refractivity (Wildman–Crippen MR) is 82.3 cm³/mol. The first-order chi connectivity index (χ1) is 10.4. The average molecular weight is 282 g/mol. The molecule has 0 radical (unpaired) electrons. The number of hydrogen-bond donors (Lipinski definition) is 2. The molecule has 1 aromatic rings. The summed E-state index contributed by atoms with van der Waals surface area (Å²) in [5.74, 6) is 1.10. The van der Waals surface area contributed by atoms with Crippen molar-refractivity contribution in [3.8, 4) is 11.4 Å². The summed E-state index contributed by atoms with van der Waals surface area (Å²) in [7, 11) is 0. The summed E-state index contributed by atoms with van der Waals surface area (Å²) in [6.07, 6.45) is 6.97. The fourth-order valence-electron chi connectivity index (χ4n) is 2.22. The maximum atomic E-state index is 4.30. The Morgan fingerprint density at radius 3 is 2.67 bits per heavy atom. The van der Waals surface area contributed by atoms with Crippen molar-refractivity contribution in [1.82, 2.24) is 25.3 Å². The predicted octanol–water partition coefficient (Wildman–Crippen LogP) is 1.40. The molecule has 0 unspecified atom stereocenters. The van der Waals surface area contributed by atoms with Gasteiger partial charge in [0.1, 0.15) is 11.5 Å². The van der Waals surface area contributed by atoms with Crippen LogP contribution in [0.3, 0.4) is 0 Å². The third-order valence-corrected chi connectivity index (χ3v) is 3.31. The van der Waals surface area contributed by atoms with Crippen molar-refractivity contribution in [3.63, 3.8) is 0 Å². The quantitative estimate of drug-likeness (QED) is 0.706. The molecule has 21 heavy (non-hydrogen) atoms. The molecule has 3 aliphatic rings. The molecule has 6 nitrogen and oxygen atoms in total. The molecule has 6 heteroatoms. The van der Waals surface area contributed by atoms with Crippen LogP contribution in [0.5, 0.6) is 0 Å². The van der Waals surface area contributed by atoms with E-state index in [9.17, 15) is 0 Å². The zero-order valence-corrected chi connectivity index (χ0v) is 11.7. The number of aromatic amines is 1. The minimum atomic E-state index is 0.914. The van der Waals surface area contributed by atoms with Crippen LogP contribution in [0.2, 0.25) is 0 Å². The van der Waals surface area contributed by atoms with Crippen LogP contribution in [0.1, 0.15) is 0 Å². The van der Waals surface area contributed by atoms with E-state index in [0.717, 1.165) is 43.4 Å². The van der Waals surface area contributed by atoms with E-state index in [4.69, 9.17) is 0 Å². The van der Waals surface area contributed by atoms with Crippen molar-refractivity contribution in [2.45, 2.75) is 0 Å². The van der Waals surface area contributed by atoms with Crippen LogP contribution >= 0.6 is 0 Å². The van der Waals surface area contributed by atoms with Crippen molar-refractivity contribution < 1.29 is 0 Å². The highest BCUT2D eigenvalue weighted by molar-refractivity contribution is 5.53. The van der Waals surface area contributed by atoms with Gasteiger partial charge in [-0.1, -0.05) is 6.07 Å². The maximum absolute atomic E-state index is 4.30. The van der Waals surface area contributed by atoms with Gasteiger partial charge in [0.25, 0.3) is 0 Å². The SMILES string of the molecule is c1cc2[nH]cncc-2n1.c1ccc(N2CCNCC2)nc1. The fraction of sp³-hybridized carbons (Fsp3) is 0.267. The van der Waals surface area contributed by atoms with E-state index in [0.29, 0.717) is 0 Å². The second-order valence-electron chi connectivity index (χ2n) is 4.72. The monoisotopic (exact) mass is 282 g/mol. The van der Waals surface area contributed by atoms with Gasteiger partial charge < -0.3 is 15.2 Å². The van der Waals surface area contributed by atoms with Crippen LogP contribution in [0.15, 0.2) is 49.2 Å². The summed E-state index contributed by atoms with van der Waals surface area (Å²) in [5, 5.41) is 3.32. The summed E-state index contributed by atoms with van der Waals surface area (Å²) < 4.78 is 0. The third kappa shape index (κ3) is 3.55. The number of nitrogens with zero attached hydrogens (tertiary/aromatic N) is 4. The van der Waals surface area contributed by atoms with E-state index in [2.05, 4.69) is 36.2 Å². The Morgan fingerprint density at radius 1 is 1.00 bits per heavy atom. The lowest BCUT2D eigenvalue weighted by Gasteiger charge is -2.28. The zero-order valence-electron chi connectivity index (χ0n) is 11.7. The topological polar surface area (TPSA) is 69.7 Å². The van der Waals surface area contributed by atoms with Gasteiger partial charge in [0.15, 0.2) is 0 Å². The van der Waals surface area contributed by atoms with Crippen molar-refractivity contribution >= 4 is 5.82 Å². The number of hydrogen-bond acceptors (Lipinski definition) is 5. The first-order valence-electron chi connectivity index (χ1n) is 7.03. The molecule has 2 N–H and O–H groups in total. The first-order valence-corrected chi connectivity index (χ1v) is 7.03. The van der Waals surface area contributed by atoms with Crippen LogP contribution in [0.4, 0.5) is 5.82 Å². The molecule has 0 atom stereocenters. The van der Waals surface area contributed by atoms with Crippen molar-refractivity contribution in [3.05, 3.63) is 49.2 Å². The lowest BCUT2D eigenvalue weighted by Crippen LogP contribution is -2.43. The van der Waals surface area contributed by atoms with Gasteiger partial charge in [0.05, 0.1) is 18.2 Å². The smallest absolute Gasteiger partial charge is 0.128 e. The number of nitrogens with one attached hydrogen (secondary N) is 2. The van der Waals surface area contributed by atoms with E-state index in [1.165, 1.54) is 0 Å². The number of piperazine rings is 1. The van der Waals surface area contributed by atoms with Gasteiger partial charge >= 0.3 is 0 Å². The Labute approximate surface area is 123 Å². The highest BCUT2D eigenvalue weighted by atomic mass is 15.2. The lowest BCUT2D eigenvalue weighted by molar-refractivity contribution is 0.585. The minimum absolute atomic E-state index is 0.914. The van der Waals surface area contributed by atoms with Crippen molar-refractivity contribution in [1.29, 1.82) is 0 Å². The summed E-state index contributed by atoms with van der Waals surface area (Å²) in [5.41, 5.74) is 1.95. The highest BCUT2D eigenvalue weighted by Gasteiger charge is 2.09. The lowest BCUT2D eigenvalue weighted by atomic mass is 10.3.